The predicted molar refractivity (Wildman–Crippen MR) is 60.8 cm³/mol. The first-order valence-corrected chi connectivity index (χ1v) is 7.39. The van der Waals surface area contributed by atoms with Gasteiger partial charge in [-0.25, -0.2) is 8.42 Å². The summed E-state index contributed by atoms with van der Waals surface area (Å²) >= 11 is 0. The van der Waals surface area contributed by atoms with Crippen LogP contribution in [0, 0.1) is 0 Å². The highest BCUT2D eigenvalue weighted by Crippen LogP contribution is 2.11. The van der Waals surface area contributed by atoms with E-state index in [1.54, 1.807) is 7.11 Å². The van der Waals surface area contributed by atoms with E-state index in [2.05, 4.69) is 5.32 Å². The minimum Gasteiger partial charge on any atom is -0.385 e. The topological polar surface area (TPSA) is 55.4 Å². The van der Waals surface area contributed by atoms with E-state index in [0.717, 1.165) is 38.8 Å². The second-order valence-electron chi connectivity index (χ2n) is 4.11. The van der Waals surface area contributed by atoms with E-state index in [1.807, 2.05) is 0 Å². The van der Waals surface area contributed by atoms with Crippen LogP contribution in [0.5, 0.6) is 0 Å². The van der Waals surface area contributed by atoms with Crippen molar-refractivity contribution in [2.75, 3.05) is 31.8 Å². The van der Waals surface area contributed by atoms with Gasteiger partial charge in [-0.05, 0) is 32.2 Å². The van der Waals surface area contributed by atoms with Crippen LogP contribution in [0.4, 0.5) is 0 Å². The quantitative estimate of drug-likeness (QED) is 0.684. The Labute approximate surface area is 92.3 Å². The van der Waals surface area contributed by atoms with Crippen LogP contribution in [-0.4, -0.2) is 46.2 Å². The lowest BCUT2D eigenvalue weighted by atomic mass is 10.2. The van der Waals surface area contributed by atoms with E-state index in [4.69, 9.17) is 4.74 Å². The Kier molecular flexibility index (Phi) is 5.56. The predicted octanol–water partition coefficient (Wildman–Crippen LogP) is 0.580. The highest BCUT2D eigenvalue weighted by Gasteiger charge is 2.23. The van der Waals surface area contributed by atoms with Gasteiger partial charge in [0.1, 0.15) is 0 Å². The van der Waals surface area contributed by atoms with Gasteiger partial charge in [0.25, 0.3) is 0 Å². The fraction of sp³-hybridized carbons (Fsp3) is 1.00. The third-order valence-electron chi connectivity index (χ3n) is 2.67. The number of hydrogen-bond acceptors (Lipinski definition) is 4. The van der Waals surface area contributed by atoms with Gasteiger partial charge in [-0.15, -0.1) is 0 Å². The SMILES string of the molecule is COCCCCNC1CCCS(=O)(=O)C1. The Morgan fingerprint density at radius 3 is 2.87 bits per heavy atom. The summed E-state index contributed by atoms with van der Waals surface area (Å²) in [6.45, 7) is 1.67. The summed E-state index contributed by atoms with van der Waals surface area (Å²) < 4.78 is 27.6. The Hall–Kier alpha value is -0.130. The summed E-state index contributed by atoms with van der Waals surface area (Å²) in [5.41, 5.74) is 0. The summed E-state index contributed by atoms with van der Waals surface area (Å²) in [5.74, 6) is 0.687. The van der Waals surface area contributed by atoms with Crippen molar-refractivity contribution >= 4 is 9.84 Å². The standard InChI is InChI=1S/C10H21NO3S/c1-14-7-3-2-6-11-10-5-4-8-15(12,13)9-10/h10-11H,2-9H2,1H3. The van der Waals surface area contributed by atoms with Gasteiger partial charge < -0.3 is 10.1 Å². The molecule has 0 aromatic carbocycles. The van der Waals surface area contributed by atoms with Crippen molar-refractivity contribution in [1.29, 1.82) is 0 Å². The monoisotopic (exact) mass is 235 g/mol. The Balaban J connectivity index is 2.11. The zero-order valence-corrected chi connectivity index (χ0v) is 10.2. The number of rotatable bonds is 6. The number of ether oxygens (including phenoxy) is 1. The molecule has 0 aromatic heterocycles. The van der Waals surface area contributed by atoms with Crippen LogP contribution in [0.15, 0.2) is 0 Å². The van der Waals surface area contributed by atoms with Gasteiger partial charge in [-0.1, -0.05) is 0 Å². The Morgan fingerprint density at radius 1 is 1.40 bits per heavy atom. The normalized spacial score (nSPS) is 25.3. The van der Waals surface area contributed by atoms with E-state index in [1.165, 1.54) is 0 Å². The minimum absolute atomic E-state index is 0.172. The molecule has 90 valence electrons. The van der Waals surface area contributed by atoms with Gasteiger partial charge in [0, 0.05) is 19.8 Å². The van der Waals surface area contributed by atoms with E-state index in [9.17, 15) is 8.42 Å². The fourth-order valence-corrected chi connectivity index (χ4v) is 3.53. The molecule has 0 spiro atoms. The second kappa shape index (κ2) is 6.45. The highest BCUT2D eigenvalue weighted by molar-refractivity contribution is 7.91. The fourth-order valence-electron chi connectivity index (χ4n) is 1.86. The van der Waals surface area contributed by atoms with Crippen molar-refractivity contribution in [2.45, 2.75) is 31.7 Å². The first-order valence-electron chi connectivity index (χ1n) is 5.57. The summed E-state index contributed by atoms with van der Waals surface area (Å²) in [4.78, 5) is 0. The van der Waals surface area contributed by atoms with Gasteiger partial charge in [0.15, 0.2) is 9.84 Å². The number of hydrogen-bond donors (Lipinski definition) is 1. The van der Waals surface area contributed by atoms with Crippen LogP contribution in [-0.2, 0) is 14.6 Å². The molecule has 1 heterocycles. The van der Waals surface area contributed by atoms with Gasteiger partial charge in [0.05, 0.1) is 11.5 Å². The van der Waals surface area contributed by atoms with E-state index >= 15 is 0 Å². The number of unbranched alkanes of at least 4 members (excludes halogenated alkanes) is 1. The molecule has 1 aliphatic heterocycles. The molecule has 1 aliphatic rings. The van der Waals surface area contributed by atoms with Crippen molar-refractivity contribution in [1.82, 2.24) is 5.32 Å². The Bertz CT molecular complexity index is 264. The molecule has 0 aliphatic carbocycles. The zero-order chi connectivity index (χ0) is 11.1. The molecule has 1 fully saturated rings. The smallest absolute Gasteiger partial charge is 0.151 e. The molecule has 15 heavy (non-hydrogen) atoms. The molecule has 0 bridgehead atoms. The van der Waals surface area contributed by atoms with Crippen LogP contribution >= 0.6 is 0 Å². The van der Waals surface area contributed by atoms with Crippen LogP contribution in [0.1, 0.15) is 25.7 Å². The molecule has 1 unspecified atom stereocenters. The van der Waals surface area contributed by atoms with Crippen LogP contribution in [0.3, 0.4) is 0 Å². The molecule has 0 aromatic rings. The van der Waals surface area contributed by atoms with Gasteiger partial charge in [-0.2, -0.15) is 0 Å². The van der Waals surface area contributed by atoms with Crippen molar-refractivity contribution in [3.8, 4) is 0 Å². The molecule has 1 saturated heterocycles. The molecule has 0 amide bonds. The maximum atomic E-state index is 11.3. The molecule has 4 nitrogen and oxygen atoms in total. The molecule has 0 saturated carbocycles. The molecular weight excluding hydrogens is 214 g/mol. The number of methoxy groups -OCH3 is 1. The summed E-state index contributed by atoms with van der Waals surface area (Å²) in [6, 6.07) is 0.172. The van der Waals surface area contributed by atoms with Crippen molar-refractivity contribution < 1.29 is 13.2 Å². The van der Waals surface area contributed by atoms with Crippen LogP contribution < -0.4 is 5.32 Å². The summed E-state index contributed by atoms with van der Waals surface area (Å²) in [5, 5.41) is 3.30. The molecule has 5 heteroatoms. The maximum absolute atomic E-state index is 11.3. The lowest BCUT2D eigenvalue weighted by Crippen LogP contribution is -2.40. The van der Waals surface area contributed by atoms with E-state index in [0.29, 0.717) is 11.5 Å². The Morgan fingerprint density at radius 2 is 2.20 bits per heavy atom. The minimum atomic E-state index is -2.77. The van der Waals surface area contributed by atoms with Gasteiger partial charge >= 0.3 is 0 Å². The second-order valence-corrected chi connectivity index (χ2v) is 6.34. The third kappa shape index (κ3) is 5.49. The molecule has 1 atom stereocenters. The lowest BCUT2D eigenvalue weighted by molar-refractivity contribution is 0.192. The lowest BCUT2D eigenvalue weighted by Gasteiger charge is -2.22. The molecular formula is C10H21NO3S. The third-order valence-corrected chi connectivity index (χ3v) is 4.49. The molecule has 1 N–H and O–H groups in total. The first kappa shape index (κ1) is 12.9. The maximum Gasteiger partial charge on any atom is 0.151 e. The molecule has 1 rings (SSSR count). The molecule has 0 radical (unpaired) electrons. The zero-order valence-electron chi connectivity index (χ0n) is 9.37. The summed E-state index contributed by atoms with van der Waals surface area (Å²) in [7, 11) is -1.07. The van der Waals surface area contributed by atoms with E-state index < -0.39 is 9.84 Å². The number of nitrogens with one attached hydrogen (secondary N) is 1. The van der Waals surface area contributed by atoms with Crippen molar-refractivity contribution in [3.63, 3.8) is 0 Å². The number of sulfone groups is 1. The van der Waals surface area contributed by atoms with Crippen molar-refractivity contribution in [2.24, 2.45) is 0 Å². The average molecular weight is 235 g/mol. The van der Waals surface area contributed by atoms with Gasteiger partial charge in [0.2, 0.25) is 0 Å². The average Bonchev–Trinajstić information content (AvgIpc) is 2.16. The van der Waals surface area contributed by atoms with Crippen molar-refractivity contribution in [3.05, 3.63) is 0 Å². The first-order chi connectivity index (χ1) is 7.14. The highest BCUT2D eigenvalue weighted by atomic mass is 32.2. The van der Waals surface area contributed by atoms with Crippen LogP contribution in [0.25, 0.3) is 0 Å². The van der Waals surface area contributed by atoms with E-state index in [-0.39, 0.29) is 6.04 Å². The van der Waals surface area contributed by atoms with Gasteiger partial charge in [-0.3, -0.25) is 0 Å². The van der Waals surface area contributed by atoms with Crippen LogP contribution in [0.2, 0.25) is 0 Å². The summed E-state index contributed by atoms with van der Waals surface area (Å²) in [6.07, 6.45) is 3.87. The largest absolute Gasteiger partial charge is 0.385 e.